The molecule has 1 saturated carbocycles. The molecule has 0 atom stereocenters. The van der Waals surface area contributed by atoms with Gasteiger partial charge in [-0.05, 0) is 35.4 Å². The van der Waals surface area contributed by atoms with Crippen molar-refractivity contribution in [1.29, 1.82) is 0 Å². The zero-order valence-corrected chi connectivity index (χ0v) is 17.1. The number of piperazine rings is 1. The minimum absolute atomic E-state index is 0.800. The van der Waals surface area contributed by atoms with E-state index < -0.39 is 0 Å². The van der Waals surface area contributed by atoms with Crippen LogP contribution in [0.2, 0.25) is 0 Å². The van der Waals surface area contributed by atoms with Gasteiger partial charge in [0.05, 0.1) is 0 Å². The Hall–Kier alpha value is -1.90. The maximum atomic E-state index is 2.65. The largest absolute Gasteiger partial charge is 0.297 e. The molecule has 1 heterocycles. The van der Waals surface area contributed by atoms with Gasteiger partial charge in [0, 0.05) is 39.3 Å². The molecule has 148 valence electrons. The van der Waals surface area contributed by atoms with Crippen molar-refractivity contribution in [2.45, 2.75) is 44.6 Å². The fraction of sp³-hybridized carbons (Fsp3) is 0.462. The summed E-state index contributed by atoms with van der Waals surface area (Å²) < 4.78 is 0. The van der Waals surface area contributed by atoms with E-state index in [4.69, 9.17) is 0 Å². The second kappa shape index (κ2) is 10.0. The fourth-order valence-electron chi connectivity index (χ4n) is 4.76. The van der Waals surface area contributed by atoms with Crippen LogP contribution in [0.4, 0.5) is 0 Å². The molecule has 2 nitrogen and oxygen atoms in total. The van der Waals surface area contributed by atoms with Crippen LogP contribution in [0.15, 0.2) is 60.7 Å². The zero-order valence-electron chi connectivity index (χ0n) is 17.1. The summed E-state index contributed by atoms with van der Waals surface area (Å²) in [5.74, 6) is 0.800. The third kappa shape index (κ3) is 5.33. The van der Waals surface area contributed by atoms with Crippen molar-refractivity contribution in [3.8, 4) is 0 Å². The predicted molar refractivity (Wildman–Crippen MR) is 119 cm³/mol. The lowest BCUT2D eigenvalue weighted by Gasteiger charge is -2.35. The Bertz CT molecular complexity index is 738. The lowest BCUT2D eigenvalue weighted by atomic mass is 9.82. The molecule has 2 heteroatoms. The van der Waals surface area contributed by atoms with Gasteiger partial charge in [-0.25, -0.2) is 0 Å². The Balaban J connectivity index is 1.27. The quantitative estimate of drug-likeness (QED) is 0.652. The van der Waals surface area contributed by atoms with Crippen LogP contribution in [0, 0.1) is 0 Å². The first-order chi connectivity index (χ1) is 13.9. The molecule has 0 N–H and O–H groups in total. The van der Waals surface area contributed by atoms with E-state index in [9.17, 15) is 0 Å². The van der Waals surface area contributed by atoms with Crippen LogP contribution in [0.5, 0.6) is 0 Å². The number of benzene rings is 2. The molecule has 0 bridgehead atoms. The average molecular weight is 375 g/mol. The lowest BCUT2D eigenvalue weighted by Crippen LogP contribution is -2.45. The van der Waals surface area contributed by atoms with Crippen molar-refractivity contribution < 1.29 is 0 Å². The van der Waals surface area contributed by atoms with Gasteiger partial charge in [-0.2, -0.15) is 0 Å². The fourth-order valence-corrected chi connectivity index (χ4v) is 4.76. The molecule has 0 radical (unpaired) electrons. The normalized spacial score (nSPS) is 20.0. The number of hydrogen-bond acceptors (Lipinski definition) is 2. The van der Waals surface area contributed by atoms with Crippen molar-refractivity contribution in [2.24, 2.45) is 0 Å². The Labute approximate surface area is 170 Å². The number of hydrogen-bond donors (Lipinski definition) is 0. The van der Waals surface area contributed by atoms with Crippen LogP contribution < -0.4 is 0 Å². The summed E-state index contributed by atoms with van der Waals surface area (Å²) in [6, 6.07) is 19.8. The van der Waals surface area contributed by atoms with Gasteiger partial charge < -0.3 is 0 Å². The highest BCUT2D eigenvalue weighted by molar-refractivity contribution is 5.48. The van der Waals surface area contributed by atoms with E-state index in [2.05, 4.69) is 76.5 Å². The summed E-state index contributed by atoms with van der Waals surface area (Å²) in [7, 11) is 0. The molecule has 4 rings (SSSR count). The molecule has 2 aromatic carbocycles. The summed E-state index contributed by atoms with van der Waals surface area (Å²) in [6.45, 7) is 6.88. The van der Waals surface area contributed by atoms with Gasteiger partial charge in [-0.3, -0.25) is 9.80 Å². The maximum Gasteiger partial charge on any atom is 0.0237 e. The van der Waals surface area contributed by atoms with Crippen LogP contribution in [-0.4, -0.2) is 42.5 Å². The minimum atomic E-state index is 0.800. The van der Waals surface area contributed by atoms with Gasteiger partial charge in [0.1, 0.15) is 0 Å². The highest BCUT2D eigenvalue weighted by Crippen LogP contribution is 2.34. The van der Waals surface area contributed by atoms with Crippen molar-refractivity contribution in [2.75, 3.05) is 32.7 Å². The average Bonchev–Trinajstić information content (AvgIpc) is 2.77. The molecular formula is C26H34N2. The van der Waals surface area contributed by atoms with Crippen LogP contribution in [-0.2, 0) is 6.54 Å². The first-order valence-electron chi connectivity index (χ1n) is 11.1. The molecule has 2 aliphatic rings. The lowest BCUT2D eigenvalue weighted by molar-refractivity contribution is 0.136. The van der Waals surface area contributed by atoms with Gasteiger partial charge in [0.25, 0.3) is 0 Å². The van der Waals surface area contributed by atoms with Gasteiger partial charge in [-0.15, -0.1) is 0 Å². The highest BCUT2D eigenvalue weighted by atomic mass is 15.3. The topological polar surface area (TPSA) is 6.48 Å². The first-order valence-corrected chi connectivity index (χ1v) is 11.1. The van der Waals surface area contributed by atoms with E-state index >= 15 is 0 Å². The second-order valence-electron chi connectivity index (χ2n) is 8.42. The van der Waals surface area contributed by atoms with Crippen LogP contribution in [0.25, 0.3) is 6.08 Å². The molecule has 1 aliphatic heterocycles. The summed E-state index contributed by atoms with van der Waals surface area (Å²) in [5, 5.41) is 0. The zero-order chi connectivity index (χ0) is 19.0. The standard InChI is InChI=1S/C26H34N2/c1-3-10-23(11-4-1)12-9-17-27-18-20-28(21-19-27)22-25-15-7-8-16-26(25)24-13-5-2-6-14-24/h1,3-4,7-12,15-16,24H,2,5-6,13-14,17-22H2. The Morgan fingerprint density at radius 1 is 0.750 bits per heavy atom. The Morgan fingerprint density at radius 3 is 2.21 bits per heavy atom. The van der Waals surface area contributed by atoms with Crippen molar-refractivity contribution in [3.05, 3.63) is 77.4 Å². The second-order valence-corrected chi connectivity index (χ2v) is 8.42. The maximum absolute atomic E-state index is 2.65. The molecule has 2 aromatic rings. The van der Waals surface area contributed by atoms with Gasteiger partial charge in [-0.1, -0.05) is 86.0 Å². The summed E-state index contributed by atoms with van der Waals surface area (Å²) >= 11 is 0. The third-order valence-corrected chi connectivity index (χ3v) is 6.43. The monoisotopic (exact) mass is 374 g/mol. The minimum Gasteiger partial charge on any atom is -0.297 e. The Morgan fingerprint density at radius 2 is 1.43 bits per heavy atom. The van der Waals surface area contributed by atoms with Gasteiger partial charge >= 0.3 is 0 Å². The van der Waals surface area contributed by atoms with Crippen molar-refractivity contribution in [1.82, 2.24) is 9.80 Å². The molecule has 28 heavy (non-hydrogen) atoms. The van der Waals surface area contributed by atoms with E-state index in [1.807, 2.05) is 0 Å². The van der Waals surface area contributed by atoms with E-state index in [-0.39, 0.29) is 0 Å². The van der Waals surface area contributed by atoms with E-state index in [1.54, 1.807) is 11.1 Å². The van der Waals surface area contributed by atoms with Crippen molar-refractivity contribution >= 4 is 6.08 Å². The van der Waals surface area contributed by atoms with E-state index in [0.29, 0.717) is 0 Å². The molecule has 1 aliphatic carbocycles. The van der Waals surface area contributed by atoms with E-state index in [0.717, 1.165) is 19.0 Å². The first kappa shape index (κ1) is 19.4. The molecular weight excluding hydrogens is 340 g/mol. The van der Waals surface area contributed by atoms with Gasteiger partial charge in [0.2, 0.25) is 0 Å². The molecule has 0 aromatic heterocycles. The molecule has 2 fully saturated rings. The van der Waals surface area contributed by atoms with Crippen LogP contribution in [0.3, 0.4) is 0 Å². The van der Waals surface area contributed by atoms with Gasteiger partial charge in [0.15, 0.2) is 0 Å². The Kier molecular flexibility index (Phi) is 6.96. The number of rotatable bonds is 6. The smallest absolute Gasteiger partial charge is 0.0237 e. The third-order valence-electron chi connectivity index (χ3n) is 6.43. The molecule has 0 amide bonds. The predicted octanol–water partition coefficient (Wildman–Crippen LogP) is 5.57. The number of nitrogens with zero attached hydrogens (tertiary/aromatic N) is 2. The van der Waals surface area contributed by atoms with Crippen molar-refractivity contribution in [3.63, 3.8) is 0 Å². The summed E-state index contributed by atoms with van der Waals surface area (Å²) in [4.78, 5) is 5.22. The van der Waals surface area contributed by atoms with E-state index in [1.165, 1.54) is 63.8 Å². The SMILES string of the molecule is C(=Cc1ccccc1)CN1CCN(Cc2ccccc2C2CCCCC2)CC1. The highest BCUT2D eigenvalue weighted by Gasteiger charge is 2.21. The molecule has 0 unspecified atom stereocenters. The molecule has 0 spiro atoms. The summed E-state index contributed by atoms with van der Waals surface area (Å²) in [6.07, 6.45) is 11.6. The van der Waals surface area contributed by atoms with Crippen LogP contribution in [0.1, 0.15) is 54.7 Å². The van der Waals surface area contributed by atoms with Crippen LogP contribution >= 0.6 is 0 Å². The molecule has 1 saturated heterocycles. The summed E-state index contributed by atoms with van der Waals surface area (Å²) in [5.41, 5.74) is 4.50.